The number of rotatable bonds is 8. The lowest BCUT2D eigenvalue weighted by molar-refractivity contribution is -0.730. The van der Waals surface area contributed by atoms with Crippen LogP contribution in [0.3, 0.4) is 0 Å². The first-order valence-electron chi connectivity index (χ1n) is 17.3. The fourth-order valence-corrected chi connectivity index (χ4v) is 7.52. The lowest BCUT2D eigenvalue weighted by Gasteiger charge is -2.30. The Kier molecular flexibility index (Phi) is 8.96. The third kappa shape index (κ3) is 5.82. The van der Waals surface area contributed by atoms with Gasteiger partial charge in [-0.2, -0.15) is 4.57 Å². The summed E-state index contributed by atoms with van der Waals surface area (Å²) >= 11 is 0. The van der Waals surface area contributed by atoms with E-state index in [4.69, 9.17) is 0 Å². The van der Waals surface area contributed by atoms with E-state index >= 15 is 0 Å². The molecule has 0 spiro atoms. The van der Waals surface area contributed by atoms with Gasteiger partial charge < -0.3 is 5.11 Å². The first kappa shape index (κ1) is 32.8. The van der Waals surface area contributed by atoms with Gasteiger partial charge in [-0.05, 0) is 55.3 Å². The van der Waals surface area contributed by atoms with E-state index in [2.05, 4.69) is 188 Å². The SMILES string of the molecule is Cc1ccccc1-c1cccc[n+]1C(C)(c1ccccc1-c1cccc[n+]1C)c1ccccc1-c1cc(C(C)O)c(-c2ccccc2)c[n+]1C. The molecule has 0 amide bonds. The van der Waals surface area contributed by atoms with E-state index in [1.54, 1.807) is 0 Å². The predicted molar refractivity (Wildman–Crippen MR) is 201 cm³/mol. The van der Waals surface area contributed by atoms with E-state index in [1.807, 2.05) is 25.1 Å². The van der Waals surface area contributed by atoms with Gasteiger partial charge in [0.2, 0.25) is 22.6 Å². The summed E-state index contributed by atoms with van der Waals surface area (Å²) < 4.78 is 6.85. The topological polar surface area (TPSA) is 31.9 Å². The second kappa shape index (κ2) is 13.7. The van der Waals surface area contributed by atoms with Crippen LogP contribution in [0.4, 0.5) is 0 Å². The van der Waals surface area contributed by atoms with Crippen molar-refractivity contribution in [3.05, 3.63) is 186 Å². The van der Waals surface area contributed by atoms with Crippen LogP contribution in [-0.4, -0.2) is 5.11 Å². The van der Waals surface area contributed by atoms with Crippen molar-refractivity contribution in [2.45, 2.75) is 32.4 Å². The van der Waals surface area contributed by atoms with Crippen LogP contribution in [-0.2, 0) is 19.6 Å². The Morgan fingerprint density at radius 1 is 0.540 bits per heavy atom. The summed E-state index contributed by atoms with van der Waals surface area (Å²) in [5, 5.41) is 11.2. The van der Waals surface area contributed by atoms with Gasteiger partial charge in [0.05, 0.1) is 22.8 Å². The normalized spacial score (nSPS) is 13.1. The molecule has 0 aliphatic rings. The fraction of sp³-hybridized carbons (Fsp3) is 0.152. The summed E-state index contributed by atoms with van der Waals surface area (Å²) in [5.74, 6) is 0. The summed E-state index contributed by atoms with van der Waals surface area (Å²) in [6.45, 7) is 6.39. The number of hydrogen-bond acceptors (Lipinski definition) is 1. The minimum absolute atomic E-state index is 0.654. The van der Waals surface area contributed by atoms with Crippen LogP contribution in [0.5, 0.6) is 0 Å². The van der Waals surface area contributed by atoms with E-state index in [0.29, 0.717) is 0 Å². The third-order valence-electron chi connectivity index (χ3n) is 10.1. The summed E-state index contributed by atoms with van der Waals surface area (Å²) in [7, 11) is 4.21. The standard InChI is InChI=1S/C46H44N3O/c1-33-19-9-10-22-36(33)44-28-16-18-30-49(44)46(3,41-25-13-11-23-37(41)43-27-15-17-29-47(43)4)42-26-14-12-24-38(42)45-31-39(34(2)50)40(32-48(45)5)35-20-7-6-8-21-35/h6-32,34,50H,1-5H3/q+3. The smallest absolute Gasteiger partial charge is 0.217 e. The van der Waals surface area contributed by atoms with Gasteiger partial charge in [-0.3, -0.25) is 0 Å². The van der Waals surface area contributed by atoms with E-state index in [1.165, 1.54) is 16.7 Å². The molecule has 0 radical (unpaired) electrons. The van der Waals surface area contributed by atoms with Gasteiger partial charge in [0.15, 0.2) is 18.6 Å². The zero-order valence-corrected chi connectivity index (χ0v) is 29.5. The Bertz CT molecular complexity index is 2220. The third-order valence-corrected chi connectivity index (χ3v) is 10.1. The van der Waals surface area contributed by atoms with Crippen LogP contribution < -0.4 is 13.7 Å². The molecule has 0 aliphatic heterocycles. The van der Waals surface area contributed by atoms with Crippen molar-refractivity contribution in [1.82, 2.24) is 0 Å². The van der Waals surface area contributed by atoms with Gasteiger partial charge in [0.1, 0.15) is 14.1 Å². The van der Waals surface area contributed by atoms with Gasteiger partial charge in [0.25, 0.3) is 0 Å². The first-order chi connectivity index (χ1) is 24.3. The van der Waals surface area contributed by atoms with Crippen molar-refractivity contribution in [3.63, 3.8) is 0 Å². The van der Waals surface area contributed by atoms with Gasteiger partial charge in [-0.1, -0.05) is 84.9 Å². The van der Waals surface area contributed by atoms with Crippen LogP contribution in [0, 0.1) is 6.92 Å². The van der Waals surface area contributed by atoms with Gasteiger partial charge in [0, 0.05) is 59.5 Å². The van der Waals surface area contributed by atoms with Crippen molar-refractivity contribution in [1.29, 1.82) is 0 Å². The van der Waals surface area contributed by atoms with Gasteiger partial charge in [-0.25, -0.2) is 9.13 Å². The van der Waals surface area contributed by atoms with E-state index in [9.17, 15) is 5.11 Å². The number of benzene rings is 4. The zero-order chi connectivity index (χ0) is 34.8. The van der Waals surface area contributed by atoms with Crippen molar-refractivity contribution in [3.8, 4) is 44.9 Å². The number of pyridine rings is 3. The second-order valence-electron chi connectivity index (χ2n) is 13.3. The van der Waals surface area contributed by atoms with Crippen molar-refractivity contribution >= 4 is 0 Å². The molecule has 4 aromatic carbocycles. The number of aryl methyl sites for hydroxylation is 3. The molecule has 246 valence electrons. The molecule has 0 saturated heterocycles. The molecule has 2 atom stereocenters. The monoisotopic (exact) mass is 654 g/mol. The molecule has 3 heterocycles. The van der Waals surface area contributed by atoms with Crippen molar-refractivity contribution < 1.29 is 18.8 Å². The number of aromatic nitrogens is 3. The second-order valence-corrected chi connectivity index (χ2v) is 13.3. The molecule has 4 heteroatoms. The average molecular weight is 655 g/mol. The Hall–Kier alpha value is -5.71. The van der Waals surface area contributed by atoms with Crippen LogP contribution in [0.25, 0.3) is 44.9 Å². The number of hydrogen-bond donors (Lipinski definition) is 1. The first-order valence-corrected chi connectivity index (χ1v) is 17.3. The number of nitrogens with zero attached hydrogens (tertiary/aromatic N) is 3. The Morgan fingerprint density at radius 3 is 1.72 bits per heavy atom. The summed E-state index contributed by atoms with van der Waals surface area (Å²) in [5.41, 5.74) is 12.6. The lowest BCUT2D eigenvalue weighted by atomic mass is 9.77. The summed E-state index contributed by atoms with van der Waals surface area (Å²) in [4.78, 5) is 0. The molecule has 4 nitrogen and oxygen atoms in total. The lowest BCUT2D eigenvalue weighted by Crippen LogP contribution is -2.57. The van der Waals surface area contributed by atoms with Crippen molar-refractivity contribution in [2.24, 2.45) is 14.1 Å². The predicted octanol–water partition coefficient (Wildman–Crippen LogP) is 8.46. The number of aliphatic hydroxyl groups excluding tert-OH is 1. The fourth-order valence-electron chi connectivity index (χ4n) is 7.52. The average Bonchev–Trinajstić information content (AvgIpc) is 3.15. The maximum atomic E-state index is 11.2. The molecule has 7 rings (SSSR count). The van der Waals surface area contributed by atoms with E-state index in [0.717, 1.165) is 50.5 Å². The van der Waals surface area contributed by atoms with Gasteiger partial charge in [-0.15, -0.1) is 0 Å². The molecule has 7 aromatic rings. The van der Waals surface area contributed by atoms with Gasteiger partial charge >= 0.3 is 0 Å². The Balaban J connectivity index is 1.57. The summed E-state index contributed by atoms with van der Waals surface area (Å²) in [6, 6.07) is 51.5. The van der Waals surface area contributed by atoms with Crippen LogP contribution in [0.15, 0.2) is 164 Å². The minimum atomic E-state index is -0.689. The molecule has 3 aromatic heterocycles. The molecule has 0 saturated carbocycles. The highest BCUT2D eigenvalue weighted by atomic mass is 16.3. The van der Waals surface area contributed by atoms with E-state index < -0.39 is 11.6 Å². The molecule has 2 unspecified atom stereocenters. The molecule has 0 fully saturated rings. The highest BCUT2D eigenvalue weighted by Gasteiger charge is 2.46. The highest BCUT2D eigenvalue weighted by molar-refractivity contribution is 5.73. The maximum absolute atomic E-state index is 11.2. The quantitative estimate of drug-likeness (QED) is 0.164. The van der Waals surface area contributed by atoms with Crippen LogP contribution in [0.1, 0.15) is 42.2 Å². The molecular formula is C46H44N3O+3. The molecule has 0 bridgehead atoms. The van der Waals surface area contributed by atoms with Crippen molar-refractivity contribution in [2.75, 3.05) is 0 Å². The van der Waals surface area contributed by atoms with Crippen LogP contribution >= 0.6 is 0 Å². The zero-order valence-electron chi connectivity index (χ0n) is 29.5. The minimum Gasteiger partial charge on any atom is -0.389 e. The molecule has 1 N–H and O–H groups in total. The number of aliphatic hydroxyl groups is 1. The highest BCUT2D eigenvalue weighted by Crippen LogP contribution is 2.41. The maximum Gasteiger partial charge on any atom is 0.217 e. The molecule has 0 aliphatic carbocycles. The Morgan fingerprint density at radius 2 is 1.08 bits per heavy atom. The van der Waals surface area contributed by atoms with E-state index in [-0.39, 0.29) is 0 Å². The Labute approximate surface area is 295 Å². The molecule has 50 heavy (non-hydrogen) atoms. The summed E-state index contributed by atoms with van der Waals surface area (Å²) in [6.07, 6.45) is 5.84. The molecular weight excluding hydrogens is 611 g/mol. The largest absolute Gasteiger partial charge is 0.389 e. The van der Waals surface area contributed by atoms with Crippen LogP contribution in [0.2, 0.25) is 0 Å².